The molecule has 1 fully saturated rings. The predicted octanol–water partition coefficient (Wildman–Crippen LogP) is 2.29. The van der Waals surface area contributed by atoms with E-state index >= 15 is 0 Å². The van der Waals surface area contributed by atoms with Crippen LogP contribution in [0, 0.1) is 0 Å². The Morgan fingerprint density at radius 1 is 1.21 bits per heavy atom. The van der Waals surface area contributed by atoms with E-state index in [0.29, 0.717) is 12.5 Å². The Morgan fingerprint density at radius 3 is 3.00 bits per heavy atom. The molecule has 28 heavy (non-hydrogen) atoms. The molecule has 4 rings (SSSR count). The van der Waals surface area contributed by atoms with Crippen LogP contribution in [0.1, 0.15) is 35.7 Å². The molecule has 1 saturated heterocycles. The highest BCUT2D eigenvalue weighted by molar-refractivity contribution is 5.85. The average molecular weight is 383 g/mol. The fourth-order valence-electron chi connectivity index (χ4n) is 4.47. The molecule has 0 saturated carbocycles. The Morgan fingerprint density at radius 2 is 2.11 bits per heavy atom. The van der Waals surface area contributed by atoms with Crippen LogP contribution in [-0.4, -0.2) is 65.2 Å². The zero-order chi connectivity index (χ0) is 19.3. The van der Waals surface area contributed by atoms with Gasteiger partial charge in [-0.05, 0) is 30.4 Å². The summed E-state index contributed by atoms with van der Waals surface area (Å²) in [6.45, 7) is 5.90. The van der Waals surface area contributed by atoms with Crippen molar-refractivity contribution < 1.29 is 9.53 Å². The molecule has 1 aromatic heterocycles. The molecule has 2 aliphatic rings. The maximum atomic E-state index is 13.2. The SMILES string of the molecule is COCCn1ccnc1CN1CCCN(C(=O)C2CCc3ccccc32)CC1. The molecule has 2 aromatic rings. The van der Waals surface area contributed by atoms with Crippen molar-refractivity contribution in [3.05, 3.63) is 53.6 Å². The molecular formula is C22H30N4O2. The first-order valence-electron chi connectivity index (χ1n) is 10.3. The lowest BCUT2D eigenvalue weighted by atomic mass is 10.00. The fourth-order valence-corrected chi connectivity index (χ4v) is 4.47. The quantitative estimate of drug-likeness (QED) is 0.769. The number of aryl methyl sites for hydroxylation is 1. The van der Waals surface area contributed by atoms with Crippen LogP contribution < -0.4 is 0 Å². The summed E-state index contributed by atoms with van der Waals surface area (Å²) in [5.74, 6) is 1.44. The normalized spacial score (nSPS) is 20.2. The van der Waals surface area contributed by atoms with Crippen molar-refractivity contribution in [1.82, 2.24) is 19.4 Å². The molecule has 0 radical (unpaired) electrons. The number of amides is 1. The van der Waals surface area contributed by atoms with Gasteiger partial charge >= 0.3 is 0 Å². The second-order valence-electron chi connectivity index (χ2n) is 7.77. The monoisotopic (exact) mass is 382 g/mol. The van der Waals surface area contributed by atoms with Crippen molar-refractivity contribution in [2.75, 3.05) is 39.9 Å². The first-order valence-corrected chi connectivity index (χ1v) is 10.3. The number of carbonyl (C=O) groups is 1. The molecule has 0 bridgehead atoms. The number of imidazole rings is 1. The van der Waals surface area contributed by atoms with Crippen molar-refractivity contribution in [1.29, 1.82) is 0 Å². The van der Waals surface area contributed by atoms with Crippen molar-refractivity contribution in [3.63, 3.8) is 0 Å². The molecule has 2 heterocycles. The number of carbonyl (C=O) groups excluding carboxylic acids is 1. The van der Waals surface area contributed by atoms with Gasteiger partial charge in [0.25, 0.3) is 0 Å². The van der Waals surface area contributed by atoms with Crippen LogP contribution in [0.2, 0.25) is 0 Å². The lowest BCUT2D eigenvalue weighted by molar-refractivity contribution is -0.132. The lowest BCUT2D eigenvalue weighted by Gasteiger charge is -2.25. The largest absolute Gasteiger partial charge is 0.383 e. The van der Waals surface area contributed by atoms with Crippen LogP contribution in [0.15, 0.2) is 36.7 Å². The van der Waals surface area contributed by atoms with E-state index in [2.05, 4.69) is 43.6 Å². The van der Waals surface area contributed by atoms with Crippen LogP contribution >= 0.6 is 0 Å². The summed E-state index contributed by atoms with van der Waals surface area (Å²) >= 11 is 0. The van der Waals surface area contributed by atoms with E-state index in [1.54, 1.807) is 7.11 Å². The van der Waals surface area contributed by atoms with Gasteiger partial charge in [0.1, 0.15) is 5.82 Å². The first-order chi connectivity index (χ1) is 13.8. The van der Waals surface area contributed by atoms with Crippen molar-refractivity contribution in [3.8, 4) is 0 Å². The molecule has 1 amide bonds. The molecule has 1 atom stereocenters. The van der Waals surface area contributed by atoms with Crippen molar-refractivity contribution in [2.24, 2.45) is 0 Å². The van der Waals surface area contributed by atoms with E-state index in [1.807, 2.05) is 12.4 Å². The molecule has 0 N–H and O–H groups in total. The first kappa shape index (κ1) is 19.2. The standard InChI is InChI=1S/C22H30N4O2/c1-28-16-15-25-12-9-23-21(25)17-24-10-4-11-26(14-13-24)22(27)20-8-7-18-5-2-3-6-19(18)20/h2-3,5-6,9,12,20H,4,7-8,10-11,13-17H2,1H3. The van der Waals surface area contributed by atoms with Crippen LogP contribution in [0.5, 0.6) is 0 Å². The molecular weight excluding hydrogens is 352 g/mol. The second kappa shape index (κ2) is 8.88. The molecule has 6 nitrogen and oxygen atoms in total. The molecule has 1 aliphatic carbocycles. The van der Waals surface area contributed by atoms with Gasteiger partial charge in [0.2, 0.25) is 5.91 Å². The van der Waals surface area contributed by atoms with Crippen LogP contribution in [0.3, 0.4) is 0 Å². The number of rotatable bonds is 6. The van der Waals surface area contributed by atoms with Gasteiger partial charge in [0.05, 0.1) is 19.1 Å². The summed E-state index contributed by atoms with van der Waals surface area (Å²) in [6.07, 6.45) is 6.86. The van der Waals surface area contributed by atoms with Crippen LogP contribution in [-0.2, 0) is 29.0 Å². The predicted molar refractivity (Wildman–Crippen MR) is 108 cm³/mol. The van der Waals surface area contributed by atoms with Gasteiger partial charge in [0, 0.05) is 52.2 Å². The van der Waals surface area contributed by atoms with Gasteiger partial charge in [-0.15, -0.1) is 0 Å². The maximum Gasteiger partial charge on any atom is 0.230 e. The zero-order valence-corrected chi connectivity index (χ0v) is 16.7. The smallest absolute Gasteiger partial charge is 0.230 e. The number of nitrogens with zero attached hydrogens (tertiary/aromatic N) is 4. The maximum absolute atomic E-state index is 13.2. The highest BCUT2D eigenvalue weighted by atomic mass is 16.5. The minimum absolute atomic E-state index is 0.0516. The molecule has 150 valence electrons. The van der Waals surface area contributed by atoms with Gasteiger partial charge in [-0.2, -0.15) is 0 Å². The van der Waals surface area contributed by atoms with Crippen molar-refractivity contribution in [2.45, 2.75) is 38.3 Å². The highest BCUT2D eigenvalue weighted by Crippen LogP contribution is 2.34. The summed E-state index contributed by atoms with van der Waals surface area (Å²) in [7, 11) is 1.72. The van der Waals surface area contributed by atoms with E-state index in [0.717, 1.165) is 64.4 Å². The summed E-state index contributed by atoms with van der Waals surface area (Å²) in [5, 5.41) is 0. The fraction of sp³-hybridized carbons (Fsp3) is 0.545. The van der Waals surface area contributed by atoms with E-state index in [-0.39, 0.29) is 5.92 Å². The molecule has 1 aliphatic heterocycles. The Hall–Kier alpha value is -2.18. The van der Waals surface area contributed by atoms with Gasteiger partial charge in [-0.25, -0.2) is 4.98 Å². The summed E-state index contributed by atoms with van der Waals surface area (Å²) in [4.78, 5) is 22.2. The number of benzene rings is 1. The Kier molecular flexibility index (Phi) is 6.07. The number of fused-ring (bicyclic) bond motifs is 1. The minimum Gasteiger partial charge on any atom is -0.383 e. The summed E-state index contributed by atoms with van der Waals surface area (Å²) in [5.41, 5.74) is 2.59. The number of hydrogen-bond acceptors (Lipinski definition) is 4. The van der Waals surface area contributed by atoms with E-state index in [1.165, 1.54) is 11.1 Å². The number of methoxy groups -OCH3 is 1. The highest BCUT2D eigenvalue weighted by Gasteiger charge is 2.32. The number of ether oxygens (including phenoxy) is 1. The second-order valence-corrected chi connectivity index (χ2v) is 7.77. The average Bonchev–Trinajstić information content (AvgIpc) is 3.27. The molecule has 6 heteroatoms. The summed E-state index contributed by atoms with van der Waals surface area (Å²) in [6, 6.07) is 8.43. The van der Waals surface area contributed by atoms with E-state index in [4.69, 9.17) is 4.74 Å². The molecule has 1 unspecified atom stereocenters. The van der Waals surface area contributed by atoms with E-state index in [9.17, 15) is 4.79 Å². The Bertz CT molecular complexity index is 803. The topological polar surface area (TPSA) is 50.6 Å². The summed E-state index contributed by atoms with van der Waals surface area (Å²) < 4.78 is 7.35. The third-order valence-corrected chi connectivity index (χ3v) is 6.03. The van der Waals surface area contributed by atoms with Crippen LogP contribution in [0.4, 0.5) is 0 Å². The zero-order valence-electron chi connectivity index (χ0n) is 16.7. The number of hydrogen-bond donors (Lipinski definition) is 0. The Labute approximate surface area is 167 Å². The minimum atomic E-state index is 0.0516. The molecule has 0 spiro atoms. The van der Waals surface area contributed by atoms with Crippen molar-refractivity contribution >= 4 is 5.91 Å². The lowest BCUT2D eigenvalue weighted by Crippen LogP contribution is -2.37. The van der Waals surface area contributed by atoms with Gasteiger partial charge in [0.15, 0.2) is 0 Å². The third-order valence-electron chi connectivity index (χ3n) is 6.03. The number of aromatic nitrogens is 2. The Balaban J connectivity index is 1.35. The third kappa shape index (κ3) is 4.13. The van der Waals surface area contributed by atoms with E-state index < -0.39 is 0 Å². The van der Waals surface area contributed by atoms with Gasteiger partial charge in [-0.1, -0.05) is 24.3 Å². The van der Waals surface area contributed by atoms with Gasteiger partial charge in [-0.3, -0.25) is 9.69 Å². The van der Waals surface area contributed by atoms with Crippen LogP contribution in [0.25, 0.3) is 0 Å². The van der Waals surface area contributed by atoms with Gasteiger partial charge < -0.3 is 14.2 Å². The molecule has 1 aromatic carbocycles.